The first-order chi connectivity index (χ1) is 12.5. The highest BCUT2D eigenvalue weighted by Gasteiger charge is 2.35. The summed E-state index contributed by atoms with van der Waals surface area (Å²) in [4.78, 5) is 0.931. The molecule has 0 saturated heterocycles. The Hall–Kier alpha value is -1.97. The first kappa shape index (κ1) is 18.8. The SMILES string of the molecule is Cc1ccc(S(=O)[C@@H](C)C[Si](C)(c2ccccc2)c2ccccc2)cc1. The molecule has 0 aromatic heterocycles. The Balaban J connectivity index is 1.93. The summed E-state index contributed by atoms with van der Waals surface area (Å²) in [6, 6.07) is 30.6. The van der Waals surface area contributed by atoms with E-state index >= 15 is 0 Å². The van der Waals surface area contributed by atoms with E-state index in [4.69, 9.17) is 0 Å². The van der Waals surface area contributed by atoms with E-state index in [2.05, 4.69) is 81.1 Å². The van der Waals surface area contributed by atoms with Crippen LogP contribution in [0.3, 0.4) is 0 Å². The lowest BCUT2D eigenvalue weighted by Crippen LogP contribution is -2.57. The largest absolute Gasteiger partial charge is 0.254 e. The fourth-order valence-electron chi connectivity index (χ4n) is 3.57. The van der Waals surface area contributed by atoms with Gasteiger partial charge in [-0.2, -0.15) is 0 Å². The van der Waals surface area contributed by atoms with E-state index < -0.39 is 18.9 Å². The third-order valence-electron chi connectivity index (χ3n) is 5.14. The molecule has 0 aliphatic rings. The molecule has 0 amide bonds. The summed E-state index contributed by atoms with van der Waals surface area (Å²) in [5, 5.41) is 2.91. The lowest BCUT2D eigenvalue weighted by Gasteiger charge is -2.31. The van der Waals surface area contributed by atoms with Crippen LogP contribution >= 0.6 is 0 Å². The summed E-state index contributed by atoms with van der Waals surface area (Å²) in [6.07, 6.45) is 0. The molecule has 1 nitrogen and oxygen atoms in total. The highest BCUT2D eigenvalue weighted by atomic mass is 32.2. The van der Waals surface area contributed by atoms with Gasteiger partial charge in [0.1, 0.15) is 8.07 Å². The Bertz CT molecular complexity index is 820. The molecular weight excluding hydrogens is 352 g/mol. The molecule has 2 atom stereocenters. The number of aryl methyl sites for hydroxylation is 1. The van der Waals surface area contributed by atoms with Gasteiger partial charge in [0.05, 0.1) is 10.8 Å². The smallest absolute Gasteiger partial charge is 0.116 e. The van der Waals surface area contributed by atoms with E-state index in [0.717, 1.165) is 10.9 Å². The van der Waals surface area contributed by atoms with Gasteiger partial charge >= 0.3 is 0 Å². The van der Waals surface area contributed by atoms with Crippen molar-refractivity contribution in [1.82, 2.24) is 0 Å². The van der Waals surface area contributed by atoms with Crippen molar-refractivity contribution in [2.75, 3.05) is 0 Å². The second kappa shape index (κ2) is 8.15. The van der Waals surface area contributed by atoms with Gasteiger partial charge in [0.2, 0.25) is 0 Å². The standard InChI is InChI=1S/C23H26OSSi/c1-19-14-16-21(17-15-19)25(24)20(2)18-26(3,22-10-6-4-7-11-22)23-12-8-5-9-13-23/h4-17,20H,18H2,1-3H3/t20-,25?/m0/s1. The van der Waals surface area contributed by atoms with Crippen LogP contribution in [0, 0.1) is 6.92 Å². The maximum absolute atomic E-state index is 13.1. The predicted octanol–water partition coefficient (Wildman–Crippen LogP) is 4.38. The van der Waals surface area contributed by atoms with E-state index in [9.17, 15) is 4.21 Å². The molecule has 134 valence electrons. The van der Waals surface area contributed by atoms with Crippen LogP contribution in [0.15, 0.2) is 89.8 Å². The summed E-state index contributed by atoms with van der Waals surface area (Å²) in [5.74, 6) is 0. The van der Waals surface area contributed by atoms with Crippen LogP contribution in [0.2, 0.25) is 12.6 Å². The second-order valence-corrected chi connectivity index (χ2v) is 13.3. The number of hydrogen-bond acceptors (Lipinski definition) is 1. The van der Waals surface area contributed by atoms with Crippen LogP contribution < -0.4 is 10.4 Å². The molecule has 26 heavy (non-hydrogen) atoms. The third kappa shape index (κ3) is 4.05. The quantitative estimate of drug-likeness (QED) is 0.582. The normalized spacial score (nSPS) is 14.0. The molecule has 1 unspecified atom stereocenters. The van der Waals surface area contributed by atoms with Crippen LogP contribution in [0.5, 0.6) is 0 Å². The van der Waals surface area contributed by atoms with Crippen molar-refractivity contribution in [3.8, 4) is 0 Å². The maximum Gasteiger partial charge on any atom is 0.116 e. The van der Waals surface area contributed by atoms with Crippen molar-refractivity contribution < 1.29 is 4.21 Å². The summed E-state index contributed by atoms with van der Waals surface area (Å²) in [6.45, 7) is 6.60. The molecule has 3 rings (SSSR count). The van der Waals surface area contributed by atoms with Gasteiger partial charge in [0, 0.05) is 10.1 Å². The van der Waals surface area contributed by atoms with Crippen LogP contribution in [0.25, 0.3) is 0 Å². The van der Waals surface area contributed by atoms with Crippen LogP contribution in [0.4, 0.5) is 0 Å². The fourth-order valence-corrected chi connectivity index (χ4v) is 9.85. The van der Waals surface area contributed by atoms with Crippen molar-refractivity contribution in [2.24, 2.45) is 0 Å². The van der Waals surface area contributed by atoms with E-state index in [1.165, 1.54) is 15.9 Å². The Morgan fingerprint density at radius 3 is 1.73 bits per heavy atom. The molecular formula is C23H26OSSi. The first-order valence-electron chi connectivity index (χ1n) is 9.09. The van der Waals surface area contributed by atoms with Gasteiger partial charge < -0.3 is 0 Å². The highest BCUT2D eigenvalue weighted by Crippen LogP contribution is 2.21. The summed E-state index contributed by atoms with van der Waals surface area (Å²) in [7, 11) is -2.96. The Kier molecular flexibility index (Phi) is 5.89. The maximum atomic E-state index is 13.1. The van der Waals surface area contributed by atoms with Crippen LogP contribution in [-0.4, -0.2) is 17.5 Å². The molecule has 3 aromatic rings. The van der Waals surface area contributed by atoms with E-state index in [0.29, 0.717) is 0 Å². The Morgan fingerprint density at radius 1 is 0.808 bits per heavy atom. The average molecular weight is 379 g/mol. The highest BCUT2D eigenvalue weighted by molar-refractivity contribution is 7.85. The van der Waals surface area contributed by atoms with E-state index in [-0.39, 0.29) is 5.25 Å². The summed E-state index contributed by atoms with van der Waals surface area (Å²) >= 11 is 0. The Morgan fingerprint density at radius 2 is 1.27 bits per heavy atom. The van der Waals surface area contributed by atoms with Gasteiger partial charge in [0.25, 0.3) is 0 Å². The minimum atomic E-state index is -1.96. The zero-order valence-electron chi connectivity index (χ0n) is 15.7. The molecule has 0 aliphatic heterocycles. The second-order valence-electron chi connectivity index (χ2n) is 7.19. The van der Waals surface area contributed by atoms with E-state index in [1.807, 2.05) is 24.3 Å². The molecule has 0 saturated carbocycles. The van der Waals surface area contributed by atoms with Gasteiger partial charge in [-0.25, -0.2) is 0 Å². The molecule has 0 radical (unpaired) electrons. The molecule has 0 aliphatic carbocycles. The van der Waals surface area contributed by atoms with E-state index in [1.54, 1.807) is 0 Å². The van der Waals surface area contributed by atoms with Gasteiger partial charge in [-0.1, -0.05) is 102 Å². The van der Waals surface area contributed by atoms with Crippen molar-refractivity contribution in [2.45, 2.75) is 36.6 Å². The molecule has 0 N–H and O–H groups in total. The molecule has 0 spiro atoms. The van der Waals surface area contributed by atoms with Gasteiger partial charge in [-0.3, -0.25) is 4.21 Å². The van der Waals surface area contributed by atoms with Crippen molar-refractivity contribution in [1.29, 1.82) is 0 Å². The van der Waals surface area contributed by atoms with Crippen LogP contribution in [-0.2, 0) is 10.8 Å². The predicted molar refractivity (Wildman–Crippen MR) is 116 cm³/mol. The van der Waals surface area contributed by atoms with Gasteiger partial charge in [-0.05, 0) is 25.1 Å². The zero-order valence-corrected chi connectivity index (χ0v) is 17.5. The van der Waals surface area contributed by atoms with Crippen LogP contribution in [0.1, 0.15) is 12.5 Å². The molecule has 3 aromatic carbocycles. The molecule has 0 bridgehead atoms. The van der Waals surface area contributed by atoms with Crippen molar-refractivity contribution >= 4 is 29.2 Å². The lowest BCUT2D eigenvalue weighted by molar-refractivity contribution is 0.676. The van der Waals surface area contributed by atoms with Gasteiger partial charge in [0.15, 0.2) is 0 Å². The summed E-state index contributed by atoms with van der Waals surface area (Å²) in [5.41, 5.74) is 1.20. The summed E-state index contributed by atoms with van der Waals surface area (Å²) < 4.78 is 13.1. The van der Waals surface area contributed by atoms with Crippen molar-refractivity contribution in [3.05, 3.63) is 90.5 Å². The number of hydrogen-bond donors (Lipinski definition) is 0. The third-order valence-corrected chi connectivity index (χ3v) is 11.7. The average Bonchev–Trinajstić information content (AvgIpc) is 2.69. The minimum Gasteiger partial charge on any atom is -0.254 e. The minimum absolute atomic E-state index is 0.106. The zero-order chi connectivity index (χ0) is 18.6. The van der Waals surface area contributed by atoms with Crippen molar-refractivity contribution in [3.63, 3.8) is 0 Å². The molecule has 0 heterocycles. The molecule has 3 heteroatoms. The number of rotatable bonds is 6. The fraction of sp³-hybridized carbons (Fsp3) is 0.217. The monoisotopic (exact) mass is 378 g/mol. The molecule has 0 fully saturated rings. The first-order valence-corrected chi connectivity index (χ1v) is 13.0. The Labute approximate surface area is 160 Å². The number of benzene rings is 3. The topological polar surface area (TPSA) is 17.1 Å². The lowest BCUT2D eigenvalue weighted by atomic mass is 10.2. The van der Waals surface area contributed by atoms with Gasteiger partial charge in [-0.15, -0.1) is 0 Å².